The summed E-state index contributed by atoms with van der Waals surface area (Å²) in [5, 5.41) is 15.2. The number of amides is 1. The van der Waals surface area contributed by atoms with E-state index in [1.54, 1.807) is 6.07 Å². The Kier molecular flexibility index (Phi) is 3.74. The lowest BCUT2D eigenvalue weighted by Gasteiger charge is -2.04. The summed E-state index contributed by atoms with van der Waals surface area (Å²) in [6, 6.07) is 17.0. The fourth-order valence-corrected chi connectivity index (χ4v) is 2.52. The van der Waals surface area contributed by atoms with Crippen LogP contribution < -0.4 is 5.32 Å². The van der Waals surface area contributed by atoms with Crippen LogP contribution in [-0.2, 0) is 6.54 Å². The number of nitrogens with zero attached hydrogens (tertiary/aromatic N) is 4. The number of aryl methyl sites for hydroxylation is 1. The summed E-state index contributed by atoms with van der Waals surface area (Å²) in [6.07, 6.45) is 0. The van der Waals surface area contributed by atoms with Crippen LogP contribution in [0.3, 0.4) is 0 Å². The Balaban J connectivity index is 1.61. The number of aromatic nitrogens is 4. The molecule has 0 aliphatic heterocycles. The topological polar surface area (TPSA) is 85.3 Å². The SMILES string of the molecule is Cc1ccc(CNC(=O)c2nnc3ccc(-c4ccccc4)nn23)o1. The van der Waals surface area contributed by atoms with Gasteiger partial charge in [0.1, 0.15) is 11.5 Å². The molecule has 4 rings (SSSR count). The minimum absolute atomic E-state index is 0.135. The highest BCUT2D eigenvalue weighted by molar-refractivity contribution is 5.91. The average molecular weight is 333 g/mol. The fraction of sp³-hybridized carbons (Fsp3) is 0.111. The van der Waals surface area contributed by atoms with E-state index in [1.165, 1.54) is 4.52 Å². The number of hydrogen-bond donors (Lipinski definition) is 1. The molecule has 3 heterocycles. The maximum atomic E-state index is 12.4. The van der Waals surface area contributed by atoms with Crippen molar-refractivity contribution in [2.75, 3.05) is 0 Å². The van der Waals surface area contributed by atoms with Gasteiger partial charge in [0.15, 0.2) is 5.65 Å². The second-order valence-electron chi connectivity index (χ2n) is 5.57. The predicted octanol–water partition coefficient (Wildman–Crippen LogP) is 2.62. The van der Waals surface area contributed by atoms with E-state index in [0.29, 0.717) is 11.4 Å². The maximum Gasteiger partial charge on any atom is 0.291 e. The van der Waals surface area contributed by atoms with E-state index in [0.717, 1.165) is 17.0 Å². The Morgan fingerprint density at radius 1 is 1.08 bits per heavy atom. The molecule has 0 spiro atoms. The van der Waals surface area contributed by atoms with Crippen molar-refractivity contribution in [2.45, 2.75) is 13.5 Å². The van der Waals surface area contributed by atoms with E-state index in [-0.39, 0.29) is 18.3 Å². The van der Waals surface area contributed by atoms with Crippen molar-refractivity contribution in [3.63, 3.8) is 0 Å². The summed E-state index contributed by atoms with van der Waals surface area (Å²) in [6.45, 7) is 2.13. The molecular formula is C18H15N5O2. The van der Waals surface area contributed by atoms with Crippen LogP contribution in [0.2, 0.25) is 0 Å². The van der Waals surface area contributed by atoms with Crippen LogP contribution in [0.5, 0.6) is 0 Å². The summed E-state index contributed by atoms with van der Waals surface area (Å²) in [5.74, 6) is 1.25. The molecule has 1 N–H and O–H groups in total. The van der Waals surface area contributed by atoms with Crippen molar-refractivity contribution >= 4 is 11.6 Å². The van der Waals surface area contributed by atoms with Gasteiger partial charge in [-0.15, -0.1) is 10.2 Å². The van der Waals surface area contributed by atoms with Crippen molar-refractivity contribution in [1.82, 2.24) is 25.1 Å². The molecule has 0 fully saturated rings. The number of rotatable bonds is 4. The lowest BCUT2D eigenvalue weighted by Crippen LogP contribution is -2.25. The molecule has 7 heteroatoms. The van der Waals surface area contributed by atoms with Crippen LogP contribution in [0.15, 0.2) is 59.0 Å². The van der Waals surface area contributed by atoms with Gasteiger partial charge in [-0.1, -0.05) is 30.3 Å². The Morgan fingerprint density at radius 2 is 1.92 bits per heavy atom. The van der Waals surface area contributed by atoms with Crippen molar-refractivity contribution in [3.05, 3.63) is 71.9 Å². The third-order valence-electron chi connectivity index (χ3n) is 3.75. The zero-order valence-electron chi connectivity index (χ0n) is 13.5. The zero-order valence-corrected chi connectivity index (χ0v) is 13.5. The Labute approximate surface area is 143 Å². The molecule has 0 aliphatic rings. The number of carbonyl (C=O) groups is 1. The van der Waals surface area contributed by atoms with Gasteiger partial charge in [0.05, 0.1) is 12.2 Å². The zero-order chi connectivity index (χ0) is 17.2. The monoisotopic (exact) mass is 333 g/mol. The van der Waals surface area contributed by atoms with Gasteiger partial charge in [-0.3, -0.25) is 4.79 Å². The van der Waals surface area contributed by atoms with Gasteiger partial charge in [0.25, 0.3) is 5.91 Å². The van der Waals surface area contributed by atoms with Gasteiger partial charge in [-0.05, 0) is 31.2 Å². The van der Waals surface area contributed by atoms with Crippen molar-refractivity contribution in [2.24, 2.45) is 0 Å². The first-order valence-corrected chi connectivity index (χ1v) is 7.82. The molecule has 124 valence electrons. The van der Waals surface area contributed by atoms with Crippen LogP contribution in [0.25, 0.3) is 16.9 Å². The molecule has 0 unspecified atom stereocenters. The predicted molar refractivity (Wildman–Crippen MR) is 90.8 cm³/mol. The van der Waals surface area contributed by atoms with E-state index in [2.05, 4.69) is 20.6 Å². The third-order valence-corrected chi connectivity index (χ3v) is 3.75. The summed E-state index contributed by atoms with van der Waals surface area (Å²) in [5.41, 5.74) is 2.21. The van der Waals surface area contributed by atoms with Gasteiger partial charge in [0.2, 0.25) is 5.82 Å². The van der Waals surface area contributed by atoms with Crippen molar-refractivity contribution in [3.8, 4) is 11.3 Å². The molecule has 0 atom stereocenters. The maximum absolute atomic E-state index is 12.4. The fourth-order valence-electron chi connectivity index (χ4n) is 2.52. The molecule has 0 bridgehead atoms. The normalized spacial score (nSPS) is 10.9. The first-order chi connectivity index (χ1) is 12.2. The van der Waals surface area contributed by atoms with E-state index >= 15 is 0 Å². The summed E-state index contributed by atoms with van der Waals surface area (Å²) < 4.78 is 6.89. The second-order valence-corrected chi connectivity index (χ2v) is 5.57. The minimum Gasteiger partial charge on any atom is -0.465 e. The van der Waals surface area contributed by atoms with Gasteiger partial charge in [-0.2, -0.15) is 9.61 Å². The molecule has 3 aromatic heterocycles. The van der Waals surface area contributed by atoms with Crippen LogP contribution in [-0.4, -0.2) is 25.7 Å². The molecule has 7 nitrogen and oxygen atoms in total. The first-order valence-electron chi connectivity index (χ1n) is 7.82. The summed E-state index contributed by atoms with van der Waals surface area (Å²) in [7, 11) is 0. The number of nitrogens with one attached hydrogen (secondary N) is 1. The Hall–Kier alpha value is -3.48. The quantitative estimate of drug-likeness (QED) is 0.620. The number of furan rings is 1. The van der Waals surface area contributed by atoms with Crippen molar-refractivity contribution in [1.29, 1.82) is 0 Å². The highest BCUT2D eigenvalue weighted by Crippen LogP contribution is 2.16. The lowest BCUT2D eigenvalue weighted by molar-refractivity contribution is 0.0935. The minimum atomic E-state index is -0.362. The smallest absolute Gasteiger partial charge is 0.291 e. The molecule has 0 saturated carbocycles. The summed E-state index contributed by atoms with van der Waals surface area (Å²) >= 11 is 0. The van der Waals surface area contributed by atoms with Gasteiger partial charge >= 0.3 is 0 Å². The van der Waals surface area contributed by atoms with Crippen molar-refractivity contribution < 1.29 is 9.21 Å². The number of carbonyl (C=O) groups excluding carboxylic acids is 1. The molecular weight excluding hydrogens is 318 g/mol. The van der Waals surface area contributed by atoms with E-state index < -0.39 is 0 Å². The molecule has 25 heavy (non-hydrogen) atoms. The molecule has 0 radical (unpaired) electrons. The lowest BCUT2D eigenvalue weighted by atomic mass is 10.1. The number of hydrogen-bond acceptors (Lipinski definition) is 5. The molecule has 0 aliphatic carbocycles. The number of benzene rings is 1. The van der Waals surface area contributed by atoms with Crippen LogP contribution >= 0.6 is 0 Å². The molecule has 0 saturated heterocycles. The van der Waals surface area contributed by atoms with E-state index in [1.807, 2.05) is 55.5 Å². The van der Waals surface area contributed by atoms with E-state index in [4.69, 9.17) is 4.42 Å². The van der Waals surface area contributed by atoms with Crippen LogP contribution in [0.1, 0.15) is 22.1 Å². The Bertz CT molecular complexity index is 1040. The van der Waals surface area contributed by atoms with Gasteiger partial charge in [-0.25, -0.2) is 0 Å². The van der Waals surface area contributed by atoms with Gasteiger partial charge < -0.3 is 9.73 Å². The Morgan fingerprint density at radius 3 is 2.68 bits per heavy atom. The third kappa shape index (κ3) is 2.99. The largest absolute Gasteiger partial charge is 0.465 e. The molecule has 4 aromatic rings. The second kappa shape index (κ2) is 6.20. The standard InChI is InChI=1S/C18H15N5O2/c1-12-7-8-14(25-12)11-19-18(24)17-21-20-16-10-9-15(22-23(16)17)13-5-3-2-4-6-13/h2-10H,11H2,1H3,(H,19,24). The number of fused-ring (bicyclic) bond motifs is 1. The average Bonchev–Trinajstić information content (AvgIpc) is 3.26. The summed E-state index contributed by atoms with van der Waals surface area (Å²) in [4.78, 5) is 12.4. The highest BCUT2D eigenvalue weighted by atomic mass is 16.3. The molecule has 1 aromatic carbocycles. The van der Waals surface area contributed by atoms with E-state index in [9.17, 15) is 4.79 Å². The highest BCUT2D eigenvalue weighted by Gasteiger charge is 2.16. The van der Waals surface area contributed by atoms with Crippen LogP contribution in [0, 0.1) is 6.92 Å². The molecule has 1 amide bonds. The first kappa shape index (κ1) is 15.1. The van der Waals surface area contributed by atoms with Crippen LogP contribution in [0.4, 0.5) is 0 Å². The van der Waals surface area contributed by atoms with Gasteiger partial charge in [0, 0.05) is 5.56 Å².